The molecule has 1 unspecified atom stereocenters. The van der Waals surface area contributed by atoms with Crippen LogP contribution in [0, 0.1) is 5.92 Å². The number of nitrogens with two attached hydrogens (primary N) is 1. The minimum atomic E-state index is -0.107. The molecule has 2 rings (SSSR count). The summed E-state index contributed by atoms with van der Waals surface area (Å²) in [4.78, 5) is 0. The number of nitrogens with one attached hydrogen (secondary N) is 1. The fourth-order valence-electron chi connectivity index (χ4n) is 3.73. The maximum Gasteiger partial charge on any atom is 0.0894 e. The average Bonchev–Trinajstić information content (AvgIpc) is 2.42. The van der Waals surface area contributed by atoms with Gasteiger partial charge in [-0.2, -0.15) is 0 Å². The molecule has 2 fully saturated rings. The fraction of sp³-hybridized carbons (Fsp3) is 1.00. The van der Waals surface area contributed by atoms with Crippen molar-refractivity contribution < 1.29 is 9.47 Å². The van der Waals surface area contributed by atoms with Crippen molar-refractivity contribution in [3.63, 3.8) is 0 Å². The standard InChI is InChI=1S/C14H28N2O2/c1-2-18-14(8-10-17-11-9-14)13(16-15)12-6-4-3-5-7-12/h12-13,16H,2-11,15H2,1H3. The fourth-order valence-corrected chi connectivity index (χ4v) is 3.73. The predicted molar refractivity (Wildman–Crippen MR) is 72.1 cm³/mol. The van der Waals surface area contributed by atoms with Gasteiger partial charge in [0.2, 0.25) is 0 Å². The van der Waals surface area contributed by atoms with E-state index in [0.29, 0.717) is 5.92 Å². The van der Waals surface area contributed by atoms with Crippen LogP contribution in [-0.2, 0) is 9.47 Å². The molecule has 18 heavy (non-hydrogen) atoms. The molecule has 0 bridgehead atoms. The Balaban J connectivity index is 2.09. The number of hydrogen-bond donors (Lipinski definition) is 2. The van der Waals surface area contributed by atoms with E-state index in [9.17, 15) is 0 Å². The summed E-state index contributed by atoms with van der Waals surface area (Å²) in [5.41, 5.74) is 2.98. The third kappa shape index (κ3) is 3.05. The number of rotatable bonds is 5. The van der Waals surface area contributed by atoms with E-state index < -0.39 is 0 Å². The van der Waals surface area contributed by atoms with Crippen LogP contribution in [0.5, 0.6) is 0 Å². The highest BCUT2D eigenvalue weighted by atomic mass is 16.5. The molecule has 2 aliphatic rings. The van der Waals surface area contributed by atoms with Gasteiger partial charge in [-0.05, 0) is 25.7 Å². The molecule has 0 amide bonds. The monoisotopic (exact) mass is 256 g/mol. The summed E-state index contributed by atoms with van der Waals surface area (Å²) in [6.07, 6.45) is 8.54. The van der Waals surface area contributed by atoms with Gasteiger partial charge in [0.1, 0.15) is 0 Å². The zero-order valence-electron chi connectivity index (χ0n) is 11.6. The molecule has 1 heterocycles. The van der Waals surface area contributed by atoms with E-state index >= 15 is 0 Å². The van der Waals surface area contributed by atoms with E-state index in [2.05, 4.69) is 12.3 Å². The topological polar surface area (TPSA) is 56.5 Å². The van der Waals surface area contributed by atoms with Crippen LogP contribution in [0.25, 0.3) is 0 Å². The molecule has 1 saturated carbocycles. The van der Waals surface area contributed by atoms with E-state index in [1.165, 1.54) is 32.1 Å². The normalized spacial score (nSPS) is 27.0. The molecule has 0 aromatic heterocycles. The SMILES string of the molecule is CCOC1(C(NN)C2CCCCC2)CCOCC1. The van der Waals surface area contributed by atoms with Gasteiger partial charge in [-0.15, -0.1) is 0 Å². The summed E-state index contributed by atoms with van der Waals surface area (Å²) < 4.78 is 11.7. The van der Waals surface area contributed by atoms with E-state index in [1.54, 1.807) is 0 Å². The molecule has 4 nitrogen and oxygen atoms in total. The summed E-state index contributed by atoms with van der Waals surface area (Å²) in [7, 11) is 0. The Morgan fingerprint density at radius 1 is 1.28 bits per heavy atom. The van der Waals surface area contributed by atoms with Crippen LogP contribution in [0.2, 0.25) is 0 Å². The molecule has 1 atom stereocenters. The molecule has 1 saturated heterocycles. The van der Waals surface area contributed by atoms with Crippen molar-refractivity contribution in [3.05, 3.63) is 0 Å². The van der Waals surface area contributed by atoms with Gasteiger partial charge in [-0.1, -0.05) is 19.3 Å². The van der Waals surface area contributed by atoms with Gasteiger partial charge in [0, 0.05) is 32.7 Å². The second-order valence-corrected chi connectivity index (χ2v) is 5.65. The lowest BCUT2D eigenvalue weighted by Crippen LogP contribution is -2.60. The molecule has 1 aliphatic carbocycles. The summed E-state index contributed by atoms with van der Waals surface area (Å²) in [6.45, 7) is 4.42. The predicted octanol–water partition coefficient (Wildman–Crippen LogP) is 1.98. The first kappa shape index (κ1) is 14.3. The Hall–Kier alpha value is -0.160. The number of hydrogen-bond acceptors (Lipinski definition) is 4. The lowest BCUT2D eigenvalue weighted by atomic mass is 9.73. The second-order valence-electron chi connectivity index (χ2n) is 5.65. The van der Waals surface area contributed by atoms with Crippen molar-refractivity contribution in [3.8, 4) is 0 Å². The van der Waals surface area contributed by atoms with E-state index in [1.807, 2.05) is 0 Å². The minimum absolute atomic E-state index is 0.107. The first-order valence-corrected chi connectivity index (χ1v) is 7.50. The molecule has 0 radical (unpaired) electrons. The van der Waals surface area contributed by atoms with Crippen LogP contribution < -0.4 is 11.3 Å². The average molecular weight is 256 g/mol. The Morgan fingerprint density at radius 3 is 2.50 bits per heavy atom. The minimum Gasteiger partial charge on any atom is -0.381 e. The summed E-state index contributed by atoms with van der Waals surface area (Å²) in [6, 6.07) is 0.279. The number of hydrazine groups is 1. The van der Waals surface area contributed by atoms with Gasteiger partial charge in [-0.3, -0.25) is 11.3 Å². The van der Waals surface area contributed by atoms with Crippen molar-refractivity contribution >= 4 is 0 Å². The first-order chi connectivity index (χ1) is 8.82. The summed E-state index contributed by atoms with van der Waals surface area (Å²) in [5, 5.41) is 0. The van der Waals surface area contributed by atoms with Crippen LogP contribution in [0.1, 0.15) is 51.9 Å². The molecular formula is C14H28N2O2. The van der Waals surface area contributed by atoms with E-state index in [-0.39, 0.29) is 11.6 Å². The van der Waals surface area contributed by atoms with Crippen LogP contribution >= 0.6 is 0 Å². The zero-order valence-corrected chi connectivity index (χ0v) is 11.6. The Labute approximate surface area is 111 Å². The highest BCUT2D eigenvalue weighted by Crippen LogP contribution is 2.37. The maximum atomic E-state index is 6.15. The van der Waals surface area contributed by atoms with Gasteiger partial charge in [0.15, 0.2) is 0 Å². The van der Waals surface area contributed by atoms with Gasteiger partial charge in [-0.25, -0.2) is 0 Å². The zero-order chi connectivity index (χ0) is 12.8. The van der Waals surface area contributed by atoms with Crippen molar-refractivity contribution in [2.45, 2.75) is 63.5 Å². The quantitative estimate of drug-likeness (QED) is 0.583. The second kappa shape index (κ2) is 6.85. The van der Waals surface area contributed by atoms with E-state index in [0.717, 1.165) is 32.7 Å². The van der Waals surface area contributed by atoms with Crippen LogP contribution in [-0.4, -0.2) is 31.5 Å². The maximum absolute atomic E-state index is 6.15. The molecule has 106 valence electrons. The van der Waals surface area contributed by atoms with Crippen molar-refractivity contribution in [1.29, 1.82) is 0 Å². The van der Waals surface area contributed by atoms with Gasteiger partial charge < -0.3 is 9.47 Å². The highest BCUT2D eigenvalue weighted by Gasteiger charge is 2.44. The Kier molecular flexibility index (Phi) is 5.42. The summed E-state index contributed by atoms with van der Waals surface area (Å²) in [5.74, 6) is 6.54. The molecule has 0 aromatic carbocycles. The van der Waals surface area contributed by atoms with Crippen molar-refractivity contribution in [2.75, 3.05) is 19.8 Å². The highest BCUT2D eigenvalue weighted by molar-refractivity contribution is 4.98. The van der Waals surface area contributed by atoms with Gasteiger partial charge >= 0.3 is 0 Å². The third-order valence-electron chi connectivity index (χ3n) is 4.64. The smallest absolute Gasteiger partial charge is 0.0894 e. The molecule has 4 heteroatoms. The summed E-state index contributed by atoms with van der Waals surface area (Å²) >= 11 is 0. The molecule has 1 aliphatic heterocycles. The molecule has 0 spiro atoms. The lowest BCUT2D eigenvalue weighted by Gasteiger charge is -2.46. The van der Waals surface area contributed by atoms with Crippen LogP contribution in [0.4, 0.5) is 0 Å². The van der Waals surface area contributed by atoms with Crippen molar-refractivity contribution in [2.24, 2.45) is 11.8 Å². The first-order valence-electron chi connectivity index (χ1n) is 7.50. The van der Waals surface area contributed by atoms with Gasteiger partial charge in [0.05, 0.1) is 11.6 Å². The molecular weight excluding hydrogens is 228 g/mol. The molecule has 0 aromatic rings. The Bertz CT molecular complexity index is 230. The van der Waals surface area contributed by atoms with Crippen LogP contribution in [0.15, 0.2) is 0 Å². The lowest BCUT2D eigenvalue weighted by molar-refractivity contribution is -0.138. The van der Waals surface area contributed by atoms with E-state index in [4.69, 9.17) is 15.3 Å². The third-order valence-corrected chi connectivity index (χ3v) is 4.64. The molecule has 3 N–H and O–H groups in total. The number of ether oxygens (including phenoxy) is 2. The Morgan fingerprint density at radius 2 is 1.94 bits per heavy atom. The van der Waals surface area contributed by atoms with Crippen molar-refractivity contribution in [1.82, 2.24) is 5.43 Å². The van der Waals surface area contributed by atoms with Gasteiger partial charge in [0.25, 0.3) is 0 Å². The van der Waals surface area contributed by atoms with Crippen LogP contribution in [0.3, 0.4) is 0 Å². The largest absolute Gasteiger partial charge is 0.381 e.